The molecule has 22 nitrogen and oxygen atoms in total. The van der Waals surface area contributed by atoms with Gasteiger partial charge in [0.15, 0.2) is 11.7 Å². The Balaban J connectivity index is 1.49. The molecular weight excluding hydrogens is 991 g/mol. The molecule has 25 heteroatoms. The number of ether oxygens (including phenoxy) is 1. The van der Waals surface area contributed by atoms with E-state index in [2.05, 4.69) is 56.8 Å². The van der Waals surface area contributed by atoms with Crippen LogP contribution in [0.4, 0.5) is 0 Å². The minimum Gasteiger partial charge on any atom is -0.454 e. The second kappa shape index (κ2) is 28.2. The molecule has 10 N–H and O–H groups in total. The quantitative estimate of drug-likeness (QED) is 0.0511. The Morgan fingerprint density at radius 2 is 1.53 bits per heavy atom. The van der Waals surface area contributed by atoms with Gasteiger partial charge in [-0.15, -0.1) is 0 Å². The van der Waals surface area contributed by atoms with Crippen molar-refractivity contribution >= 4 is 106 Å². The van der Waals surface area contributed by atoms with Gasteiger partial charge in [-0.25, -0.2) is 4.79 Å². The summed E-state index contributed by atoms with van der Waals surface area (Å²) < 4.78 is 5.61. The topological polar surface area (TPSA) is 318 Å². The predicted octanol–water partition coefficient (Wildman–Crippen LogP) is -1.10. The monoisotopic (exact) mass is 1060 g/mol. The van der Waals surface area contributed by atoms with E-state index in [4.69, 9.17) is 16.2 Å². The SMILES string of the molecule is CN(C)CCCC[C@@H]1NC(=O)[C@H](CS)SC(=O)CC(C(=O)N2CCC[C@H]2C(N)=O)NC(=O)[C@H](CCCCNC(=O)[C@@H](N)CS)NC(=O)[C@@H]2CCCN2C(=O)COC(=O)[C@H](Cc2c[nH]c3ccccc23)NC1=O. The highest BCUT2D eigenvalue weighted by molar-refractivity contribution is 8.15. The van der Waals surface area contributed by atoms with Crippen molar-refractivity contribution in [2.75, 3.05) is 58.4 Å². The molecule has 1 aromatic carbocycles. The van der Waals surface area contributed by atoms with Gasteiger partial charge < -0.3 is 62.5 Å². The van der Waals surface area contributed by atoms with E-state index in [1.54, 1.807) is 6.20 Å². The number of carbonyl (C=O) groups is 10. The summed E-state index contributed by atoms with van der Waals surface area (Å²) in [6.45, 7) is 0.278. The number of fused-ring (bicyclic) bond motifs is 2. The van der Waals surface area contributed by atoms with Crippen molar-refractivity contribution in [1.82, 2.24) is 46.3 Å². The molecule has 0 spiro atoms. The second-order valence-corrected chi connectivity index (χ2v) is 20.5. The third-order valence-electron chi connectivity index (χ3n) is 12.9. The van der Waals surface area contributed by atoms with Crippen LogP contribution in [-0.4, -0.2) is 184 Å². The van der Waals surface area contributed by atoms with Crippen LogP contribution in [0.2, 0.25) is 0 Å². The number of thiol groups is 2. The molecule has 1 unspecified atom stereocenters. The first-order valence-corrected chi connectivity index (χ1v) is 26.5. The van der Waals surface area contributed by atoms with E-state index in [1.807, 2.05) is 43.3 Å². The van der Waals surface area contributed by atoms with Crippen molar-refractivity contribution in [3.63, 3.8) is 0 Å². The number of hydrogen-bond acceptors (Lipinski definition) is 16. The summed E-state index contributed by atoms with van der Waals surface area (Å²) in [7, 11) is 3.79. The second-order valence-electron chi connectivity index (χ2n) is 18.5. The molecule has 3 aliphatic heterocycles. The van der Waals surface area contributed by atoms with Crippen LogP contribution in [0.15, 0.2) is 30.5 Å². The van der Waals surface area contributed by atoms with Crippen molar-refractivity contribution in [3.05, 3.63) is 36.0 Å². The number of thioether (sulfide) groups is 1. The molecule has 0 saturated carbocycles. The molecule has 8 amide bonds. The maximum absolute atomic E-state index is 14.4. The number of amides is 8. The summed E-state index contributed by atoms with van der Waals surface area (Å²) >= 11 is 8.96. The van der Waals surface area contributed by atoms with E-state index in [9.17, 15) is 47.9 Å². The number of rotatable bonds is 17. The van der Waals surface area contributed by atoms with Gasteiger partial charge in [-0.1, -0.05) is 30.0 Å². The number of nitrogens with one attached hydrogen (secondary N) is 6. The summed E-state index contributed by atoms with van der Waals surface area (Å²) in [4.78, 5) is 146. The van der Waals surface area contributed by atoms with Crippen molar-refractivity contribution in [3.8, 4) is 0 Å². The predicted molar refractivity (Wildman–Crippen MR) is 275 cm³/mol. The third kappa shape index (κ3) is 16.3. The largest absolute Gasteiger partial charge is 0.454 e. The average Bonchev–Trinajstić information content (AvgIpc) is 4.15. The Hall–Kier alpha value is -5.37. The zero-order valence-corrected chi connectivity index (χ0v) is 43.3. The molecule has 0 aliphatic carbocycles. The number of hydrogen-bond donors (Lipinski definition) is 10. The summed E-state index contributed by atoms with van der Waals surface area (Å²) in [5, 5.41) is 12.4. The summed E-state index contributed by atoms with van der Waals surface area (Å²) in [6.07, 6.45) is 4.04. The molecule has 0 bridgehead atoms. The van der Waals surface area contributed by atoms with Crippen molar-refractivity contribution < 1.29 is 52.7 Å². The van der Waals surface area contributed by atoms with Gasteiger partial charge in [-0.3, -0.25) is 43.2 Å². The van der Waals surface area contributed by atoms with Gasteiger partial charge >= 0.3 is 5.97 Å². The number of unbranched alkanes of at least 4 members (excludes halogenated alkanes) is 2. The Labute approximate surface area is 433 Å². The van der Waals surface area contributed by atoms with Gasteiger partial charge in [-0.05, 0) is 96.5 Å². The lowest BCUT2D eigenvalue weighted by molar-refractivity contribution is -0.155. The molecule has 8 atom stereocenters. The lowest BCUT2D eigenvalue weighted by Crippen LogP contribution is -2.58. The smallest absolute Gasteiger partial charge is 0.329 e. The summed E-state index contributed by atoms with van der Waals surface area (Å²) in [6, 6.07) is -1.12. The van der Waals surface area contributed by atoms with Gasteiger partial charge in [0.05, 0.1) is 11.3 Å². The van der Waals surface area contributed by atoms with E-state index in [0.717, 1.165) is 10.9 Å². The summed E-state index contributed by atoms with van der Waals surface area (Å²) in [5.74, 6) is -6.78. The van der Waals surface area contributed by atoms with E-state index in [-0.39, 0.29) is 69.7 Å². The van der Waals surface area contributed by atoms with Crippen LogP contribution >= 0.6 is 37.0 Å². The first kappa shape index (κ1) is 57.5. The molecular formula is C47H69N11O11S3. The maximum atomic E-state index is 14.4. The van der Waals surface area contributed by atoms with Crippen LogP contribution in [0.5, 0.6) is 0 Å². The lowest BCUT2D eigenvalue weighted by atomic mass is 10.0. The van der Waals surface area contributed by atoms with Gasteiger partial charge in [-0.2, -0.15) is 25.3 Å². The Morgan fingerprint density at radius 3 is 2.22 bits per heavy atom. The molecule has 3 saturated heterocycles. The molecule has 1 aromatic heterocycles. The standard InChI is InChI=1S/C47H69N11O11S3/c1-56(2)18-8-6-14-32-43(64)55-34(21-27-23-51-30-12-4-3-11-28(27)30)47(68)69-24-38(59)57-19-10-16-36(57)44(65)52-31(13-5-7-17-50-41(62)29(48)25-70)42(63)54-33(22-39(60)72-37(26-71)45(66)53-32)46(67)58-20-9-15-35(58)40(49)61/h3-4,11-12,23,29,31-37,51,70-71H,5-10,13-22,24-26,48H2,1-2H3,(H2,49,61)(H,50,62)(H,52,65)(H,53,66)(H,54,63)(H,55,64)/t29-,31-,32-,33?,34-,35-,36-,37-/m0/s1. The van der Waals surface area contributed by atoms with E-state index in [1.165, 1.54) is 9.80 Å². The first-order chi connectivity index (χ1) is 34.4. The van der Waals surface area contributed by atoms with Gasteiger partial charge in [0, 0.05) is 61.1 Å². The number of benzene rings is 1. The van der Waals surface area contributed by atoms with Gasteiger partial charge in [0.2, 0.25) is 41.4 Å². The zero-order valence-electron chi connectivity index (χ0n) is 40.7. The van der Waals surface area contributed by atoms with Crippen LogP contribution in [0.25, 0.3) is 10.9 Å². The molecule has 5 rings (SSSR count). The van der Waals surface area contributed by atoms with Crippen molar-refractivity contribution in [2.24, 2.45) is 11.5 Å². The van der Waals surface area contributed by atoms with E-state index in [0.29, 0.717) is 56.0 Å². The molecule has 3 aliphatic rings. The van der Waals surface area contributed by atoms with Crippen LogP contribution < -0.4 is 38.1 Å². The van der Waals surface area contributed by atoms with Crippen molar-refractivity contribution in [2.45, 2.75) is 125 Å². The highest BCUT2D eigenvalue weighted by Crippen LogP contribution is 2.24. The Bertz CT molecular complexity index is 2290. The minimum absolute atomic E-state index is 0.0245. The van der Waals surface area contributed by atoms with Crippen LogP contribution in [0.1, 0.15) is 76.2 Å². The molecule has 3 fully saturated rings. The molecule has 4 heterocycles. The fourth-order valence-electron chi connectivity index (χ4n) is 8.93. The third-order valence-corrected chi connectivity index (χ3v) is 15.0. The van der Waals surface area contributed by atoms with Crippen molar-refractivity contribution in [1.29, 1.82) is 0 Å². The lowest BCUT2D eigenvalue weighted by Gasteiger charge is -2.30. The molecule has 0 radical (unpaired) electrons. The number of cyclic esters (lactones) is 1. The maximum Gasteiger partial charge on any atom is 0.329 e. The highest BCUT2D eigenvalue weighted by Gasteiger charge is 2.41. The van der Waals surface area contributed by atoms with Crippen LogP contribution in [0, 0.1) is 0 Å². The number of aromatic nitrogens is 1. The van der Waals surface area contributed by atoms with E-state index < -0.39 is 119 Å². The number of nitrogens with two attached hydrogens (primary N) is 2. The van der Waals surface area contributed by atoms with Gasteiger partial charge in [0.1, 0.15) is 36.3 Å². The molecule has 396 valence electrons. The number of nitrogens with zero attached hydrogens (tertiary/aromatic N) is 3. The normalized spacial score (nSPS) is 24.9. The number of primary amides is 1. The molecule has 72 heavy (non-hydrogen) atoms. The fraction of sp³-hybridized carbons (Fsp3) is 0.617. The number of likely N-dealkylation sites (tertiary alicyclic amines) is 1. The van der Waals surface area contributed by atoms with Crippen LogP contribution in [0.3, 0.4) is 0 Å². The molecule has 2 aromatic rings. The number of carbonyl (C=O) groups excluding carboxylic acids is 10. The van der Waals surface area contributed by atoms with Gasteiger partial charge in [0.25, 0.3) is 5.91 Å². The van der Waals surface area contributed by atoms with Crippen LogP contribution in [-0.2, 0) is 59.1 Å². The number of aromatic amines is 1. The first-order valence-electron chi connectivity index (χ1n) is 24.3. The van der Waals surface area contributed by atoms with E-state index >= 15 is 0 Å². The minimum atomic E-state index is -1.59. The average molecular weight is 1060 g/mol. The Kier molecular flexibility index (Phi) is 22.5. The highest BCUT2D eigenvalue weighted by atomic mass is 32.2. The number of para-hydroxylation sites is 1. The fourth-order valence-corrected chi connectivity index (χ4v) is 10.3. The zero-order chi connectivity index (χ0) is 52.5. The number of esters is 1. The Morgan fingerprint density at radius 1 is 0.861 bits per heavy atom. The number of H-pyrrole nitrogens is 1. The summed E-state index contributed by atoms with van der Waals surface area (Å²) in [5.41, 5.74) is 12.9.